The summed E-state index contributed by atoms with van der Waals surface area (Å²) in [6.45, 7) is 2.11. The predicted molar refractivity (Wildman–Crippen MR) is 130 cm³/mol. The van der Waals surface area contributed by atoms with Crippen molar-refractivity contribution < 1.29 is 27.1 Å². The highest BCUT2D eigenvalue weighted by Gasteiger charge is 2.23. The van der Waals surface area contributed by atoms with Gasteiger partial charge >= 0.3 is 5.97 Å². The summed E-state index contributed by atoms with van der Waals surface area (Å²) < 4.78 is 43.0. The highest BCUT2D eigenvalue weighted by atomic mass is 32.2. The van der Waals surface area contributed by atoms with E-state index in [0.717, 1.165) is 11.3 Å². The quantitative estimate of drug-likeness (QED) is 0.310. The summed E-state index contributed by atoms with van der Waals surface area (Å²) in [5, 5.41) is 0. The third kappa shape index (κ3) is 5.60. The van der Waals surface area contributed by atoms with Gasteiger partial charge in [-0.2, -0.15) is 0 Å². The lowest BCUT2D eigenvalue weighted by Crippen LogP contribution is -2.12. The number of methoxy groups -OCH3 is 1. The molecule has 1 heterocycles. The Kier molecular flexibility index (Phi) is 7.31. The molecule has 0 fully saturated rings. The maximum Gasteiger partial charge on any atom is 0.310 e. The molecule has 0 unspecified atom stereocenters. The fraction of sp³-hybridized carbons (Fsp3) is 0.185. The van der Waals surface area contributed by atoms with Crippen LogP contribution >= 0.6 is 0 Å². The van der Waals surface area contributed by atoms with Crippen molar-refractivity contribution in [2.24, 2.45) is 0 Å². The number of ether oxygens (including phenoxy) is 2. The lowest BCUT2D eigenvalue weighted by molar-refractivity contribution is -0.139. The molecule has 4 rings (SSSR count). The van der Waals surface area contributed by atoms with Crippen LogP contribution in [0.1, 0.15) is 17.0 Å². The standard InChI is InChI=1S/C27H25NO6S/c1-19-24(28-27(34-19)20-9-5-3-6-10-20)15-16-33-22-14-13-21(17-26(29)32-2)25(18-22)35(30,31)23-11-7-4-8-12-23/h3-14,18H,15-17H2,1-2H3. The summed E-state index contributed by atoms with van der Waals surface area (Å²) in [7, 11) is -2.61. The molecule has 0 atom stereocenters. The zero-order valence-corrected chi connectivity index (χ0v) is 20.2. The van der Waals surface area contributed by atoms with Crippen LogP contribution < -0.4 is 4.74 Å². The Morgan fingerprint density at radius 3 is 2.34 bits per heavy atom. The number of oxazole rings is 1. The lowest BCUT2D eigenvalue weighted by Gasteiger charge is -2.13. The number of hydrogen-bond donors (Lipinski definition) is 0. The molecule has 0 saturated heterocycles. The van der Waals surface area contributed by atoms with Gasteiger partial charge in [-0.3, -0.25) is 4.79 Å². The van der Waals surface area contributed by atoms with E-state index in [4.69, 9.17) is 13.9 Å². The first-order valence-corrected chi connectivity index (χ1v) is 12.5. The summed E-state index contributed by atoms with van der Waals surface area (Å²) in [6, 6.07) is 22.4. The van der Waals surface area contributed by atoms with Crippen molar-refractivity contribution in [3.8, 4) is 17.2 Å². The van der Waals surface area contributed by atoms with E-state index in [0.29, 0.717) is 29.4 Å². The van der Waals surface area contributed by atoms with Gasteiger partial charge in [-0.25, -0.2) is 13.4 Å². The molecule has 0 amide bonds. The molecule has 0 bridgehead atoms. The molecule has 0 aliphatic heterocycles. The second kappa shape index (κ2) is 10.6. The van der Waals surface area contributed by atoms with Crippen molar-refractivity contribution in [2.45, 2.75) is 29.6 Å². The van der Waals surface area contributed by atoms with Crippen molar-refractivity contribution in [2.75, 3.05) is 13.7 Å². The van der Waals surface area contributed by atoms with Crippen molar-refractivity contribution in [1.82, 2.24) is 4.98 Å². The van der Waals surface area contributed by atoms with Gasteiger partial charge in [0.1, 0.15) is 11.5 Å². The molecule has 7 nitrogen and oxygen atoms in total. The van der Waals surface area contributed by atoms with Gasteiger partial charge in [0.05, 0.1) is 35.6 Å². The Labute approximate surface area is 204 Å². The smallest absolute Gasteiger partial charge is 0.310 e. The minimum absolute atomic E-state index is 0.00980. The zero-order chi connectivity index (χ0) is 24.8. The number of carbonyl (C=O) groups is 1. The van der Waals surface area contributed by atoms with Gasteiger partial charge in [-0.05, 0) is 48.9 Å². The fourth-order valence-corrected chi connectivity index (χ4v) is 5.13. The Balaban J connectivity index is 1.54. The topological polar surface area (TPSA) is 95.7 Å². The molecule has 0 spiro atoms. The molecule has 3 aromatic carbocycles. The Morgan fingerprint density at radius 2 is 1.66 bits per heavy atom. The number of sulfone groups is 1. The van der Waals surface area contributed by atoms with E-state index in [1.165, 1.54) is 25.3 Å². The Bertz CT molecular complexity index is 1410. The third-order valence-corrected chi connectivity index (χ3v) is 7.32. The van der Waals surface area contributed by atoms with Crippen LogP contribution in [0, 0.1) is 6.92 Å². The van der Waals surface area contributed by atoms with Gasteiger partial charge < -0.3 is 13.9 Å². The van der Waals surface area contributed by atoms with Gasteiger partial charge in [0.25, 0.3) is 0 Å². The number of nitrogens with zero attached hydrogens (tertiary/aromatic N) is 1. The number of esters is 1. The van der Waals surface area contributed by atoms with Crippen molar-refractivity contribution >= 4 is 15.8 Å². The molecule has 0 aliphatic carbocycles. The first-order chi connectivity index (χ1) is 16.9. The summed E-state index contributed by atoms with van der Waals surface area (Å²) >= 11 is 0. The van der Waals surface area contributed by atoms with Crippen molar-refractivity contribution in [1.29, 1.82) is 0 Å². The zero-order valence-electron chi connectivity index (χ0n) is 19.4. The van der Waals surface area contributed by atoms with Gasteiger partial charge in [0, 0.05) is 12.0 Å². The maximum atomic E-state index is 13.3. The highest BCUT2D eigenvalue weighted by Crippen LogP contribution is 2.29. The third-order valence-electron chi connectivity index (χ3n) is 5.47. The average Bonchev–Trinajstić information content (AvgIpc) is 3.26. The average molecular weight is 492 g/mol. The van der Waals surface area contributed by atoms with Gasteiger partial charge in [-0.1, -0.05) is 42.5 Å². The van der Waals surface area contributed by atoms with E-state index in [-0.39, 0.29) is 22.8 Å². The van der Waals surface area contributed by atoms with Crippen LogP contribution in [0.25, 0.3) is 11.5 Å². The minimum atomic E-state index is -3.87. The number of benzene rings is 3. The van der Waals surface area contributed by atoms with Gasteiger partial charge in [-0.15, -0.1) is 0 Å². The van der Waals surface area contributed by atoms with Crippen LogP contribution in [0.5, 0.6) is 5.75 Å². The van der Waals surface area contributed by atoms with Crippen LogP contribution in [0.4, 0.5) is 0 Å². The number of aromatic nitrogens is 1. The Hall–Kier alpha value is -3.91. The lowest BCUT2D eigenvalue weighted by atomic mass is 10.1. The molecular weight excluding hydrogens is 466 g/mol. The van der Waals surface area contributed by atoms with Crippen LogP contribution in [0.3, 0.4) is 0 Å². The largest absolute Gasteiger partial charge is 0.493 e. The monoisotopic (exact) mass is 491 g/mol. The highest BCUT2D eigenvalue weighted by molar-refractivity contribution is 7.91. The van der Waals surface area contributed by atoms with E-state index in [1.54, 1.807) is 30.3 Å². The Morgan fingerprint density at radius 1 is 0.971 bits per heavy atom. The molecule has 0 saturated carbocycles. The van der Waals surface area contributed by atoms with E-state index < -0.39 is 15.8 Å². The molecule has 8 heteroatoms. The molecular formula is C27H25NO6S. The summed E-state index contributed by atoms with van der Waals surface area (Å²) in [6.07, 6.45) is 0.311. The van der Waals surface area contributed by atoms with Gasteiger partial charge in [0.2, 0.25) is 15.7 Å². The van der Waals surface area contributed by atoms with Crippen molar-refractivity contribution in [3.63, 3.8) is 0 Å². The molecule has 1 aromatic heterocycles. The molecule has 0 aliphatic rings. The predicted octanol–water partition coefficient (Wildman–Crippen LogP) is 4.82. The summed E-state index contributed by atoms with van der Waals surface area (Å²) in [4.78, 5) is 16.6. The first kappa shape index (κ1) is 24.2. The van der Waals surface area contributed by atoms with E-state index >= 15 is 0 Å². The summed E-state index contributed by atoms with van der Waals surface area (Å²) in [5.74, 6) is 1.09. The normalized spacial score (nSPS) is 11.3. The SMILES string of the molecule is COC(=O)Cc1ccc(OCCc2nc(-c3ccccc3)oc2C)cc1S(=O)(=O)c1ccccc1. The number of rotatable bonds is 9. The second-order valence-electron chi connectivity index (χ2n) is 7.83. The molecule has 35 heavy (non-hydrogen) atoms. The van der Waals surface area contributed by atoms with E-state index in [9.17, 15) is 13.2 Å². The first-order valence-electron chi connectivity index (χ1n) is 11.0. The van der Waals surface area contributed by atoms with E-state index in [1.807, 2.05) is 37.3 Å². The number of aryl methyl sites for hydroxylation is 1. The molecule has 180 valence electrons. The van der Waals surface area contributed by atoms with Crippen molar-refractivity contribution in [3.05, 3.63) is 95.9 Å². The fourth-order valence-electron chi connectivity index (χ4n) is 3.60. The minimum Gasteiger partial charge on any atom is -0.493 e. The van der Waals surface area contributed by atoms with Crippen LogP contribution in [-0.4, -0.2) is 33.1 Å². The van der Waals surface area contributed by atoms with E-state index in [2.05, 4.69) is 4.98 Å². The molecule has 4 aromatic rings. The maximum absolute atomic E-state index is 13.3. The van der Waals surface area contributed by atoms with Gasteiger partial charge in [0.15, 0.2) is 0 Å². The van der Waals surface area contributed by atoms with Crippen LogP contribution in [-0.2, 0) is 32.2 Å². The summed E-state index contributed by atoms with van der Waals surface area (Å²) in [5.41, 5.74) is 2.00. The number of hydrogen-bond acceptors (Lipinski definition) is 7. The molecule has 0 radical (unpaired) electrons. The second-order valence-corrected chi connectivity index (χ2v) is 9.74. The van der Waals surface area contributed by atoms with Crippen LogP contribution in [0.15, 0.2) is 93.1 Å². The molecule has 0 N–H and O–H groups in total. The van der Waals surface area contributed by atoms with Crippen LogP contribution in [0.2, 0.25) is 0 Å². The number of carbonyl (C=O) groups excluding carboxylic acids is 1.